The van der Waals surface area contributed by atoms with Gasteiger partial charge in [-0.25, -0.2) is 5.06 Å². The monoisotopic (exact) mass is 420 g/mol. The summed E-state index contributed by atoms with van der Waals surface area (Å²) in [5.41, 5.74) is 0. The van der Waals surface area contributed by atoms with Gasteiger partial charge in [-0.15, -0.1) is 0 Å². The normalized spacial score (nSPS) is 42.4. The zero-order chi connectivity index (χ0) is 15.9. The predicted molar refractivity (Wildman–Crippen MR) is 95.7 cm³/mol. The van der Waals surface area contributed by atoms with Gasteiger partial charge in [-0.05, 0) is 63.8 Å². The molecule has 5 heteroatoms. The number of fused-ring (bicyclic) bond motifs is 2. The van der Waals surface area contributed by atoms with E-state index < -0.39 is 0 Å². The number of hydrogen-bond donors (Lipinski definition) is 0. The van der Waals surface area contributed by atoms with Crippen molar-refractivity contribution in [3.05, 3.63) is 0 Å². The van der Waals surface area contributed by atoms with Gasteiger partial charge in [0.1, 0.15) is 0 Å². The van der Waals surface area contributed by atoms with Gasteiger partial charge >= 0.3 is 0 Å². The second-order valence-corrected chi connectivity index (χ2v) is 9.18. The van der Waals surface area contributed by atoms with E-state index in [1.54, 1.807) is 14.2 Å². The van der Waals surface area contributed by atoms with E-state index in [-0.39, 0.29) is 11.8 Å². The summed E-state index contributed by atoms with van der Waals surface area (Å²) in [6, 6.07) is 1.12. The van der Waals surface area contributed by atoms with Crippen LogP contribution in [0.3, 0.4) is 0 Å². The number of hydroxylamine groups is 2. The lowest BCUT2D eigenvalue weighted by Crippen LogP contribution is -2.54. The molecule has 0 N–H and O–H groups in total. The van der Waals surface area contributed by atoms with Crippen LogP contribution in [-0.2, 0) is 9.63 Å². The summed E-state index contributed by atoms with van der Waals surface area (Å²) < 4.78 is 0.840. The predicted octanol–water partition coefficient (Wildman–Crippen LogP) is 3.10. The van der Waals surface area contributed by atoms with Gasteiger partial charge in [-0.3, -0.25) is 14.5 Å². The summed E-state index contributed by atoms with van der Waals surface area (Å²) >= 11 is 2.59. The minimum absolute atomic E-state index is 0.129. The van der Waals surface area contributed by atoms with E-state index in [1.807, 2.05) is 0 Å². The Bertz CT molecular complexity index is 411. The molecule has 4 atom stereocenters. The second kappa shape index (κ2) is 6.93. The van der Waals surface area contributed by atoms with Crippen LogP contribution in [0.4, 0.5) is 0 Å². The molecule has 0 aromatic rings. The van der Waals surface area contributed by atoms with E-state index >= 15 is 0 Å². The molecule has 0 radical (unpaired) electrons. The Balaban J connectivity index is 1.81. The first-order valence-corrected chi connectivity index (χ1v) is 9.95. The molecule has 2 heterocycles. The standard InChI is InChI=1S/C17H29IN2O2/c1-19-13-8-9-15(19)16(17(21)20(2)22-3)14(10-13)11-4-6-12(18)7-5-11/h11-16H,4-10H2,1-3H3/t11?,12?,13-,14-,15?,16?/m1/s1. The Morgan fingerprint density at radius 3 is 2.50 bits per heavy atom. The van der Waals surface area contributed by atoms with Gasteiger partial charge in [0.15, 0.2) is 0 Å². The van der Waals surface area contributed by atoms with Gasteiger partial charge in [0.25, 0.3) is 5.91 Å². The first-order valence-electron chi connectivity index (χ1n) is 8.70. The highest BCUT2D eigenvalue weighted by Gasteiger charge is 2.51. The summed E-state index contributed by atoms with van der Waals surface area (Å²) in [7, 11) is 5.58. The molecular weight excluding hydrogens is 391 g/mol. The molecule has 0 aromatic heterocycles. The molecule has 3 rings (SSSR count). The number of carbonyl (C=O) groups excluding carboxylic acids is 1. The van der Waals surface area contributed by atoms with E-state index in [1.165, 1.54) is 50.0 Å². The van der Waals surface area contributed by atoms with Crippen LogP contribution in [0.5, 0.6) is 0 Å². The Morgan fingerprint density at radius 2 is 1.86 bits per heavy atom. The Kier molecular flexibility index (Phi) is 5.34. The fourth-order valence-corrected chi connectivity index (χ4v) is 5.86. The van der Waals surface area contributed by atoms with Gasteiger partial charge in [-0.1, -0.05) is 22.6 Å². The van der Waals surface area contributed by atoms with E-state index in [0.29, 0.717) is 18.0 Å². The number of nitrogens with zero attached hydrogens (tertiary/aromatic N) is 2. The van der Waals surface area contributed by atoms with Crippen molar-refractivity contribution in [1.29, 1.82) is 0 Å². The minimum atomic E-state index is 0.129. The molecule has 4 nitrogen and oxygen atoms in total. The molecule has 126 valence electrons. The van der Waals surface area contributed by atoms with Crippen LogP contribution in [0.15, 0.2) is 0 Å². The van der Waals surface area contributed by atoms with E-state index in [0.717, 1.165) is 9.84 Å². The maximum atomic E-state index is 13.0. The van der Waals surface area contributed by atoms with Crippen molar-refractivity contribution in [2.24, 2.45) is 17.8 Å². The number of amides is 1. The maximum absolute atomic E-state index is 13.0. The SMILES string of the molecule is CON(C)C(=O)C1C2CC[C@H](C[C@@H]1C1CCC(I)CC1)N2C. The number of piperidine rings is 1. The van der Waals surface area contributed by atoms with Gasteiger partial charge in [-0.2, -0.15) is 0 Å². The molecular formula is C17H29IN2O2. The largest absolute Gasteiger partial charge is 0.300 e. The highest BCUT2D eigenvalue weighted by Crippen LogP contribution is 2.48. The number of halogens is 1. The fraction of sp³-hybridized carbons (Fsp3) is 0.941. The van der Waals surface area contributed by atoms with Crippen LogP contribution >= 0.6 is 22.6 Å². The summed E-state index contributed by atoms with van der Waals surface area (Å²) in [6.07, 6.45) is 8.91. The topological polar surface area (TPSA) is 32.8 Å². The lowest BCUT2D eigenvalue weighted by Gasteiger charge is -2.47. The van der Waals surface area contributed by atoms with Crippen molar-refractivity contribution in [3.8, 4) is 0 Å². The van der Waals surface area contributed by atoms with Crippen molar-refractivity contribution >= 4 is 28.5 Å². The highest BCUT2D eigenvalue weighted by atomic mass is 127. The van der Waals surface area contributed by atoms with Crippen LogP contribution in [0.25, 0.3) is 0 Å². The summed E-state index contributed by atoms with van der Waals surface area (Å²) in [4.78, 5) is 20.7. The van der Waals surface area contributed by atoms with Crippen LogP contribution in [-0.4, -0.2) is 53.1 Å². The Labute approximate surface area is 148 Å². The van der Waals surface area contributed by atoms with Crippen molar-refractivity contribution in [2.45, 2.75) is 61.0 Å². The third-order valence-corrected chi connectivity index (χ3v) is 7.74. The summed E-state index contributed by atoms with van der Waals surface area (Å²) in [5.74, 6) is 1.62. The molecule has 0 spiro atoms. The van der Waals surface area contributed by atoms with Crippen LogP contribution < -0.4 is 0 Å². The van der Waals surface area contributed by atoms with Crippen molar-refractivity contribution in [3.63, 3.8) is 0 Å². The molecule has 3 aliphatic rings. The van der Waals surface area contributed by atoms with Crippen LogP contribution in [0.1, 0.15) is 44.9 Å². The Hall–Kier alpha value is 0.120. The van der Waals surface area contributed by atoms with Gasteiger partial charge in [0.2, 0.25) is 0 Å². The molecule has 2 unspecified atom stereocenters. The van der Waals surface area contributed by atoms with Crippen LogP contribution in [0.2, 0.25) is 0 Å². The summed E-state index contributed by atoms with van der Waals surface area (Å²) in [5, 5.41) is 1.47. The van der Waals surface area contributed by atoms with Crippen LogP contribution in [0, 0.1) is 17.8 Å². The molecule has 0 aromatic carbocycles. The average Bonchev–Trinajstić information content (AvgIpc) is 2.76. The van der Waals surface area contributed by atoms with Gasteiger partial charge in [0.05, 0.1) is 13.0 Å². The van der Waals surface area contributed by atoms with Crippen molar-refractivity contribution in [1.82, 2.24) is 9.96 Å². The molecule has 3 fully saturated rings. The van der Waals surface area contributed by atoms with E-state index in [4.69, 9.17) is 4.84 Å². The van der Waals surface area contributed by atoms with Crippen molar-refractivity contribution in [2.75, 3.05) is 21.2 Å². The first-order chi connectivity index (χ1) is 10.5. The lowest BCUT2D eigenvalue weighted by molar-refractivity contribution is -0.181. The van der Waals surface area contributed by atoms with E-state index in [9.17, 15) is 4.79 Å². The molecule has 1 saturated carbocycles. The fourth-order valence-electron chi connectivity index (χ4n) is 5.14. The average molecular weight is 420 g/mol. The number of carbonyl (C=O) groups is 1. The second-order valence-electron chi connectivity index (χ2n) is 7.42. The third-order valence-electron chi connectivity index (χ3n) is 6.49. The number of rotatable bonds is 3. The first kappa shape index (κ1) is 17.0. The summed E-state index contributed by atoms with van der Waals surface area (Å²) in [6.45, 7) is 0. The quantitative estimate of drug-likeness (QED) is 0.400. The Morgan fingerprint density at radius 1 is 1.18 bits per heavy atom. The van der Waals surface area contributed by atoms with Gasteiger partial charge in [0, 0.05) is 23.1 Å². The zero-order valence-electron chi connectivity index (χ0n) is 14.0. The maximum Gasteiger partial charge on any atom is 0.250 e. The molecule has 2 aliphatic heterocycles. The molecule has 2 saturated heterocycles. The zero-order valence-corrected chi connectivity index (χ0v) is 16.2. The number of alkyl halides is 1. The molecule has 1 amide bonds. The molecule has 22 heavy (non-hydrogen) atoms. The third kappa shape index (κ3) is 3.05. The van der Waals surface area contributed by atoms with E-state index in [2.05, 4.69) is 34.5 Å². The minimum Gasteiger partial charge on any atom is -0.300 e. The smallest absolute Gasteiger partial charge is 0.250 e. The highest BCUT2D eigenvalue weighted by molar-refractivity contribution is 14.1. The molecule has 2 bridgehead atoms. The van der Waals surface area contributed by atoms with Crippen molar-refractivity contribution < 1.29 is 9.63 Å². The van der Waals surface area contributed by atoms with Gasteiger partial charge < -0.3 is 0 Å². The molecule has 1 aliphatic carbocycles. The number of hydrogen-bond acceptors (Lipinski definition) is 3. The lowest BCUT2D eigenvalue weighted by atomic mass is 9.68.